The Hall–Kier alpha value is -1.47. The molecule has 0 saturated carbocycles. The van der Waals surface area contributed by atoms with Crippen molar-refractivity contribution in [3.8, 4) is 0 Å². The molecular weight excluding hydrogens is 366 g/mol. The number of hydrogen-bond donors (Lipinski definition) is 0. The lowest BCUT2D eigenvalue weighted by Gasteiger charge is -1.94. The summed E-state index contributed by atoms with van der Waals surface area (Å²) in [5.74, 6) is 0. The van der Waals surface area contributed by atoms with E-state index in [2.05, 4.69) is 27.3 Å². The van der Waals surface area contributed by atoms with Crippen LogP contribution in [0, 0.1) is 0 Å². The molecule has 0 aliphatic rings. The van der Waals surface area contributed by atoms with Crippen molar-refractivity contribution in [3.05, 3.63) is 64.1 Å². The van der Waals surface area contributed by atoms with Gasteiger partial charge in [0, 0.05) is 6.42 Å². The highest BCUT2D eigenvalue weighted by molar-refractivity contribution is 8.02. The average Bonchev–Trinajstić information content (AvgIpc) is 3.16. The molecule has 3 nitrogen and oxygen atoms in total. The number of nitrogens with zero attached hydrogens (tertiary/aromatic N) is 3. The lowest BCUT2D eigenvalue weighted by atomic mass is 10.2. The van der Waals surface area contributed by atoms with Crippen LogP contribution >= 0.6 is 46.0 Å². The largest absolute Gasteiger partial charge is 0.228 e. The molecule has 4 rings (SSSR count). The maximum atomic E-state index is 6.18. The molecular formula is C16H10ClN3S3. The van der Waals surface area contributed by atoms with Gasteiger partial charge < -0.3 is 0 Å². The third-order valence-corrected chi connectivity index (χ3v) is 6.53. The Bertz CT molecular complexity index is 950. The first-order chi connectivity index (χ1) is 11.3. The maximum Gasteiger partial charge on any atom is 0.181 e. The Kier molecular flexibility index (Phi) is 4.31. The van der Waals surface area contributed by atoms with Gasteiger partial charge in [-0.1, -0.05) is 59.3 Å². The monoisotopic (exact) mass is 375 g/mol. The second-order valence-corrected chi connectivity index (χ2v) is 8.79. The topological polar surface area (TPSA) is 38.7 Å². The van der Waals surface area contributed by atoms with Crippen molar-refractivity contribution >= 4 is 56.3 Å². The SMILES string of the molecule is Clc1cccc2sc(Sc3nnc(Cc4ccccc4)s3)nc12. The second-order valence-electron chi connectivity index (χ2n) is 4.79. The molecule has 0 aliphatic carbocycles. The van der Waals surface area contributed by atoms with E-state index >= 15 is 0 Å². The quantitative estimate of drug-likeness (QED) is 0.469. The molecule has 2 aromatic carbocycles. The lowest BCUT2D eigenvalue weighted by molar-refractivity contribution is 0.956. The zero-order chi connectivity index (χ0) is 15.6. The standard InChI is InChI=1S/C16H10ClN3S3/c17-11-7-4-8-12-14(11)18-15(21-12)23-16-20-19-13(22-16)9-10-5-2-1-3-6-10/h1-8H,9H2. The van der Waals surface area contributed by atoms with Crippen LogP contribution in [-0.4, -0.2) is 15.2 Å². The van der Waals surface area contributed by atoms with Crippen LogP contribution in [0.4, 0.5) is 0 Å². The Morgan fingerprint density at radius 3 is 2.61 bits per heavy atom. The molecule has 2 heterocycles. The maximum absolute atomic E-state index is 6.18. The molecule has 0 fully saturated rings. The van der Waals surface area contributed by atoms with E-state index in [-0.39, 0.29) is 0 Å². The Balaban J connectivity index is 1.53. The Morgan fingerprint density at radius 2 is 1.78 bits per heavy atom. The van der Waals surface area contributed by atoms with Gasteiger partial charge in [0.1, 0.15) is 10.5 Å². The summed E-state index contributed by atoms with van der Waals surface area (Å²) in [6, 6.07) is 16.1. The molecule has 0 saturated heterocycles. The molecule has 2 aromatic heterocycles. The highest BCUT2D eigenvalue weighted by Crippen LogP contribution is 2.37. The smallest absolute Gasteiger partial charge is 0.181 e. The van der Waals surface area contributed by atoms with E-state index in [1.807, 2.05) is 36.4 Å². The second kappa shape index (κ2) is 6.57. The van der Waals surface area contributed by atoms with E-state index < -0.39 is 0 Å². The predicted molar refractivity (Wildman–Crippen MR) is 97.9 cm³/mol. The van der Waals surface area contributed by atoms with Gasteiger partial charge in [0.05, 0.1) is 9.72 Å². The van der Waals surface area contributed by atoms with Crippen molar-refractivity contribution in [1.29, 1.82) is 0 Å². The minimum atomic E-state index is 0.688. The molecule has 0 aliphatic heterocycles. The summed E-state index contributed by atoms with van der Waals surface area (Å²) in [6.45, 7) is 0. The number of halogens is 1. The van der Waals surface area contributed by atoms with Crippen LogP contribution in [0.5, 0.6) is 0 Å². The third kappa shape index (κ3) is 3.40. The van der Waals surface area contributed by atoms with Crippen molar-refractivity contribution < 1.29 is 0 Å². The molecule has 0 amide bonds. The number of rotatable bonds is 4. The molecule has 0 atom stereocenters. The summed E-state index contributed by atoms with van der Waals surface area (Å²) in [5.41, 5.74) is 2.10. The van der Waals surface area contributed by atoms with Crippen LogP contribution in [0.1, 0.15) is 10.6 Å². The van der Waals surface area contributed by atoms with E-state index in [0.29, 0.717) is 5.02 Å². The van der Waals surface area contributed by atoms with E-state index in [0.717, 1.165) is 30.3 Å². The lowest BCUT2D eigenvalue weighted by Crippen LogP contribution is -1.85. The number of para-hydroxylation sites is 1. The van der Waals surface area contributed by atoms with E-state index in [9.17, 15) is 0 Å². The van der Waals surface area contributed by atoms with Crippen molar-refractivity contribution in [1.82, 2.24) is 15.2 Å². The van der Waals surface area contributed by atoms with E-state index in [1.165, 1.54) is 5.56 Å². The molecule has 114 valence electrons. The zero-order valence-corrected chi connectivity index (χ0v) is 15.0. The summed E-state index contributed by atoms with van der Waals surface area (Å²) < 4.78 is 2.94. The molecule has 0 unspecified atom stereocenters. The summed E-state index contributed by atoms with van der Waals surface area (Å²) in [4.78, 5) is 4.59. The summed E-state index contributed by atoms with van der Waals surface area (Å²) in [5, 5.41) is 10.2. The number of hydrogen-bond acceptors (Lipinski definition) is 6. The van der Waals surface area contributed by atoms with Crippen LogP contribution in [0.3, 0.4) is 0 Å². The number of aromatic nitrogens is 3. The number of benzene rings is 2. The van der Waals surface area contributed by atoms with Crippen LogP contribution in [0.15, 0.2) is 57.2 Å². The fourth-order valence-corrected chi connectivity index (χ4v) is 5.63. The average molecular weight is 376 g/mol. The Labute approximate surface area is 150 Å². The third-order valence-electron chi connectivity index (χ3n) is 3.17. The molecule has 4 aromatic rings. The van der Waals surface area contributed by atoms with Crippen LogP contribution in [0.25, 0.3) is 10.2 Å². The minimum absolute atomic E-state index is 0.688. The molecule has 0 N–H and O–H groups in total. The first-order valence-corrected chi connectivity index (χ1v) is 9.70. The zero-order valence-electron chi connectivity index (χ0n) is 11.8. The number of fused-ring (bicyclic) bond motifs is 1. The predicted octanol–water partition coefficient (Wildman–Crippen LogP) is 5.54. The molecule has 0 radical (unpaired) electrons. The number of thiazole rings is 1. The van der Waals surface area contributed by atoms with Crippen molar-refractivity contribution in [2.24, 2.45) is 0 Å². The summed E-state index contributed by atoms with van der Waals surface area (Å²) in [6.07, 6.45) is 0.810. The van der Waals surface area contributed by atoms with E-state index in [4.69, 9.17) is 11.6 Å². The van der Waals surface area contributed by atoms with Gasteiger partial charge in [0.2, 0.25) is 0 Å². The van der Waals surface area contributed by atoms with E-state index in [1.54, 1.807) is 34.4 Å². The molecule has 7 heteroatoms. The van der Waals surface area contributed by atoms with Gasteiger partial charge in [-0.25, -0.2) is 4.98 Å². The van der Waals surface area contributed by atoms with Gasteiger partial charge in [-0.15, -0.1) is 21.5 Å². The van der Waals surface area contributed by atoms with Crippen molar-refractivity contribution in [2.75, 3.05) is 0 Å². The summed E-state index contributed by atoms with van der Waals surface area (Å²) in [7, 11) is 0. The fourth-order valence-electron chi connectivity index (χ4n) is 2.13. The normalized spacial score (nSPS) is 11.2. The van der Waals surface area contributed by atoms with Gasteiger partial charge in [-0.05, 0) is 29.5 Å². The molecule has 23 heavy (non-hydrogen) atoms. The first kappa shape index (κ1) is 15.1. The van der Waals surface area contributed by atoms with Gasteiger partial charge >= 0.3 is 0 Å². The van der Waals surface area contributed by atoms with Gasteiger partial charge in [-0.3, -0.25) is 0 Å². The van der Waals surface area contributed by atoms with Crippen molar-refractivity contribution in [2.45, 2.75) is 15.1 Å². The summed E-state index contributed by atoms with van der Waals surface area (Å²) >= 11 is 11.0. The fraction of sp³-hybridized carbons (Fsp3) is 0.0625. The molecule has 0 bridgehead atoms. The van der Waals surface area contributed by atoms with Crippen LogP contribution < -0.4 is 0 Å². The van der Waals surface area contributed by atoms with Gasteiger partial charge in [0.15, 0.2) is 8.68 Å². The van der Waals surface area contributed by atoms with Crippen molar-refractivity contribution in [3.63, 3.8) is 0 Å². The Morgan fingerprint density at radius 1 is 0.913 bits per heavy atom. The first-order valence-electron chi connectivity index (χ1n) is 6.87. The highest BCUT2D eigenvalue weighted by atomic mass is 35.5. The van der Waals surface area contributed by atoms with Crippen LogP contribution in [-0.2, 0) is 6.42 Å². The van der Waals surface area contributed by atoms with Gasteiger partial charge in [-0.2, -0.15) is 0 Å². The van der Waals surface area contributed by atoms with Gasteiger partial charge in [0.25, 0.3) is 0 Å². The molecule has 0 spiro atoms. The minimum Gasteiger partial charge on any atom is -0.228 e. The van der Waals surface area contributed by atoms with Crippen LogP contribution in [0.2, 0.25) is 5.02 Å². The highest BCUT2D eigenvalue weighted by Gasteiger charge is 2.12.